The first-order chi connectivity index (χ1) is 19.3. The zero-order chi connectivity index (χ0) is 31.7. The van der Waals surface area contributed by atoms with Crippen LogP contribution in [-0.2, 0) is 30.5 Å². The van der Waals surface area contributed by atoms with Crippen molar-refractivity contribution in [1.29, 1.82) is 0 Å². The zero-order valence-corrected chi connectivity index (χ0v) is 23.0. The van der Waals surface area contributed by atoms with E-state index in [1.165, 1.54) is 0 Å². The summed E-state index contributed by atoms with van der Waals surface area (Å²) < 4.78 is 136. The topological polar surface area (TPSA) is 111 Å². The van der Waals surface area contributed by atoms with Gasteiger partial charge in [-0.15, -0.1) is 0 Å². The molecule has 3 rings (SSSR count). The van der Waals surface area contributed by atoms with Gasteiger partial charge in [0.2, 0.25) is 5.60 Å². The summed E-state index contributed by atoms with van der Waals surface area (Å²) in [5.41, 5.74) is -5.27. The van der Waals surface area contributed by atoms with Crippen LogP contribution in [0.5, 0.6) is 5.75 Å². The van der Waals surface area contributed by atoms with Crippen LogP contribution in [0.3, 0.4) is 0 Å². The van der Waals surface area contributed by atoms with Gasteiger partial charge >= 0.3 is 24.4 Å². The van der Waals surface area contributed by atoms with Gasteiger partial charge in [-0.05, 0) is 63.6 Å². The van der Waals surface area contributed by atoms with Crippen molar-refractivity contribution in [2.75, 3.05) is 22.8 Å². The van der Waals surface area contributed by atoms with Crippen molar-refractivity contribution in [3.05, 3.63) is 47.8 Å². The molecular weight excluding hydrogens is 605 g/mol. The molecule has 0 aliphatic carbocycles. The number of sulfonamides is 1. The maximum atomic E-state index is 13.9. The largest absolute Gasteiger partial charge is 0.486 e. The summed E-state index contributed by atoms with van der Waals surface area (Å²) in [5.74, 6) is -2.47. The third kappa shape index (κ3) is 7.35. The van der Waals surface area contributed by atoms with Gasteiger partial charge in [-0.25, -0.2) is 17.6 Å². The molecule has 1 amide bonds. The monoisotopic (exact) mass is 630 g/mol. The highest BCUT2D eigenvalue weighted by atomic mass is 32.2. The van der Waals surface area contributed by atoms with Crippen LogP contribution < -0.4 is 14.4 Å². The Balaban J connectivity index is 2.01. The smallest absolute Gasteiger partial charge is 0.427 e. The van der Waals surface area contributed by atoms with Crippen molar-refractivity contribution in [3.8, 4) is 5.75 Å². The predicted octanol–water partition coefficient (Wildman–Crippen LogP) is 6.03. The first-order valence-corrected chi connectivity index (χ1v) is 13.6. The van der Waals surface area contributed by atoms with Crippen molar-refractivity contribution < 1.29 is 63.0 Å². The highest BCUT2D eigenvalue weighted by molar-refractivity contribution is 7.92. The van der Waals surface area contributed by atoms with Crippen LogP contribution >= 0.6 is 0 Å². The van der Waals surface area contributed by atoms with E-state index in [0.29, 0.717) is 30.3 Å². The van der Waals surface area contributed by atoms with Crippen LogP contribution in [0, 0.1) is 5.82 Å². The van der Waals surface area contributed by atoms with E-state index in [2.05, 4.69) is 4.74 Å². The molecule has 1 heterocycles. The number of alkyl halides is 6. The second-order valence-electron chi connectivity index (χ2n) is 9.46. The number of rotatable bonds is 8. The molecule has 42 heavy (non-hydrogen) atoms. The molecule has 2 aromatic carbocycles. The molecule has 2 aromatic rings. The van der Waals surface area contributed by atoms with E-state index in [-0.39, 0.29) is 42.6 Å². The van der Waals surface area contributed by atoms with E-state index in [9.17, 15) is 48.7 Å². The highest BCUT2D eigenvalue weighted by Gasteiger charge is 2.51. The van der Waals surface area contributed by atoms with Gasteiger partial charge in [0, 0.05) is 12.1 Å². The Bertz CT molecular complexity index is 1440. The maximum absolute atomic E-state index is 13.9. The van der Waals surface area contributed by atoms with Gasteiger partial charge in [0.05, 0.1) is 29.3 Å². The zero-order valence-electron chi connectivity index (χ0n) is 22.2. The molecule has 1 aliphatic rings. The number of carbonyl (C=O) groups excluding carboxylic acids is 2. The summed E-state index contributed by atoms with van der Waals surface area (Å²) in [7, 11) is -4.87. The van der Waals surface area contributed by atoms with Gasteiger partial charge < -0.3 is 14.2 Å². The number of amides is 1. The molecule has 0 aromatic heterocycles. The van der Waals surface area contributed by atoms with Crippen molar-refractivity contribution in [1.82, 2.24) is 0 Å². The first-order valence-electron chi connectivity index (χ1n) is 12.2. The molecule has 0 spiro atoms. The van der Waals surface area contributed by atoms with Crippen molar-refractivity contribution in [3.63, 3.8) is 0 Å². The van der Waals surface area contributed by atoms with Crippen LogP contribution in [0.1, 0.15) is 39.2 Å². The number of nitrogens with zero attached hydrogens (tertiary/aromatic N) is 1. The fraction of sp³-hybridized carbons (Fsp3) is 0.440. The van der Waals surface area contributed by atoms with Crippen LogP contribution in [0.2, 0.25) is 0 Å². The number of nitrogens with one attached hydrogen (secondary N) is 1. The van der Waals surface area contributed by atoms with Crippen LogP contribution in [0.15, 0.2) is 41.3 Å². The normalized spacial score (nSPS) is 15.9. The highest BCUT2D eigenvalue weighted by Crippen LogP contribution is 2.41. The lowest BCUT2D eigenvalue weighted by Gasteiger charge is -2.36. The molecule has 0 saturated heterocycles. The number of anilines is 2. The summed E-state index contributed by atoms with van der Waals surface area (Å²) in [5, 5.41) is 2.04. The Morgan fingerprint density at radius 2 is 1.74 bits per heavy atom. The Kier molecular flexibility index (Phi) is 9.24. The number of hydrogen-bond donors (Lipinski definition) is 1. The van der Waals surface area contributed by atoms with Crippen LogP contribution in [0.25, 0.3) is 0 Å². The molecule has 17 heteroatoms. The van der Waals surface area contributed by atoms with Gasteiger partial charge in [-0.1, -0.05) is 0 Å². The van der Waals surface area contributed by atoms with Crippen LogP contribution in [-0.4, -0.2) is 51.5 Å². The fourth-order valence-corrected chi connectivity index (χ4v) is 5.25. The van der Waals surface area contributed by atoms with Crippen molar-refractivity contribution in [2.45, 2.75) is 62.6 Å². The number of hydrogen-bond acceptors (Lipinski definition) is 7. The summed E-state index contributed by atoms with van der Waals surface area (Å²) in [6.45, 7) is 2.33. The average molecular weight is 631 g/mol. The van der Waals surface area contributed by atoms with Gasteiger partial charge in [0.15, 0.2) is 0 Å². The molecule has 0 saturated carbocycles. The van der Waals surface area contributed by atoms with Crippen LogP contribution in [0.4, 0.5) is 46.9 Å². The Labute approximate surface area is 235 Å². The molecule has 0 unspecified atom stereocenters. The lowest BCUT2D eigenvalue weighted by Crippen LogP contribution is -2.44. The van der Waals surface area contributed by atoms with E-state index in [1.807, 2.05) is 5.32 Å². The van der Waals surface area contributed by atoms with E-state index < -0.39 is 69.0 Å². The summed E-state index contributed by atoms with van der Waals surface area (Å²) in [6, 6.07) is 4.38. The molecular formula is C25H25F7N2O7S. The minimum absolute atomic E-state index is 0.0691. The fourth-order valence-electron chi connectivity index (χ4n) is 3.72. The Hall–Kier alpha value is -3.76. The summed E-state index contributed by atoms with van der Waals surface area (Å²) in [4.78, 5) is 23.1. The molecule has 1 atom stereocenters. The Morgan fingerprint density at radius 3 is 2.33 bits per heavy atom. The average Bonchev–Trinajstić information content (AvgIpc) is 2.85. The third-order valence-electron chi connectivity index (χ3n) is 5.97. The number of ether oxygens (including phenoxy) is 3. The molecule has 232 valence electrons. The molecule has 1 N–H and O–H groups in total. The van der Waals surface area contributed by atoms with E-state index in [4.69, 9.17) is 9.47 Å². The number of carbonyl (C=O) groups is 2. The summed E-state index contributed by atoms with van der Waals surface area (Å²) >= 11 is 0. The quantitative estimate of drug-likeness (QED) is 0.280. The van der Waals surface area contributed by atoms with Gasteiger partial charge in [0.1, 0.15) is 17.7 Å². The molecule has 9 nitrogen and oxygen atoms in total. The van der Waals surface area contributed by atoms with Gasteiger partial charge in [0.25, 0.3) is 10.0 Å². The lowest BCUT2D eigenvalue weighted by molar-refractivity contribution is -0.242. The van der Waals surface area contributed by atoms with Crippen molar-refractivity contribution >= 4 is 33.5 Å². The molecule has 1 aliphatic heterocycles. The molecule has 0 bridgehead atoms. The second-order valence-corrected chi connectivity index (χ2v) is 11.3. The number of fused-ring (bicyclic) bond motifs is 1. The number of esters is 1. The molecule has 0 fully saturated rings. The Morgan fingerprint density at radius 1 is 1.07 bits per heavy atom. The van der Waals surface area contributed by atoms with Crippen molar-refractivity contribution in [2.24, 2.45) is 0 Å². The van der Waals surface area contributed by atoms with Gasteiger partial charge in [-0.2, -0.15) is 26.3 Å². The van der Waals surface area contributed by atoms with Gasteiger partial charge in [-0.3, -0.25) is 14.4 Å². The van der Waals surface area contributed by atoms with E-state index >= 15 is 0 Å². The number of benzene rings is 2. The van der Waals surface area contributed by atoms with E-state index in [1.54, 1.807) is 6.92 Å². The minimum atomic E-state index is -5.22. The molecule has 0 radical (unpaired) electrons. The maximum Gasteiger partial charge on any atom is 0.427 e. The minimum Gasteiger partial charge on any atom is -0.486 e. The second kappa shape index (κ2) is 11.9. The third-order valence-corrected chi connectivity index (χ3v) is 7.75. The standard InChI is InChI=1S/C25H25F7N2O7S/c1-4-39-21(35)10-6-15-13-34(42(37,38)16-7-8-18(26)17(12-16)24(27,28)29)19-11-14(5-9-20(19)40-15)33-22(36)41-23(2,3)25(30,31)32/h5,7-9,11-12,15H,4,6,10,13H2,1-3H3,(H,33,36)/t15-/m1/s1. The lowest BCUT2D eigenvalue weighted by atomic mass is 10.1. The summed E-state index contributed by atoms with van der Waals surface area (Å²) in [6.07, 6.45) is -12.9. The van der Waals surface area contributed by atoms with E-state index in [0.717, 1.165) is 18.2 Å². The number of halogens is 7. The predicted molar refractivity (Wildman–Crippen MR) is 133 cm³/mol. The first kappa shape index (κ1) is 32.8. The SMILES string of the molecule is CCOC(=O)CC[C@@H]1CN(S(=O)(=O)c2ccc(F)c(C(F)(F)F)c2)c2cc(NC(=O)OC(C)(C)C(F)(F)F)ccc2O1.